The van der Waals surface area contributed by atoms with Gasteiger partial charge in [-0.05, 0) is 31.2 Å². The van der Waals surface area contributed by atoms with Gasteiger partial charge in [0.05, 0.1) is 53.7 Å². The molecule has 2 aliphatic rings. The second-order valence-corrected chi connectivity index (χ2v) is 10.5. The van der Waals surface area contributed by atoms with Gasteiger partial charge in [0.1, 0.15) is 5.69 Å². The van der Waals surface area contributed by atoms with Gasteiger partial charge in [-0.25, -0.2) is 28.1 Å². The smallest absolute Gasteiger partial charge is 0.275 e. The molecule has 212 valence electrons. The Bertz CT molecular complexity index is 1600. The van der Waals surface area contributed by atoms with E-state index >= 15 is 0 Å². The van der Waals surface area contributed by atoms with Crippen molar-refractivity contribution in [3.8, 4) is 11.3 Å². The lowest BCUT2D eigenvalue weighted by Crippen LogP contribution is -2.37. The van der Waals surface area contributed by atoms with E-state index in [9.17, 15) is 23.1 Å². The average molecular weight is 585 g/mol. The van der Waals surface area contributed by atoms with Crippen LogP contribution in [0.15, 0.2) is 49.3 Å². The molecule has 3 aromatic heterocycles. The molecule has 1 aromatic carbocycles. The summed E-state index contributed by atoms with van der Waals surface area (Å²) in [6, 6.07) is 1.83. The van der Waals surface area contributed by atoms with E-state index in [4.69, 9.17) is 11.6 Å². The van der Waals surface area contributed by atoms with E-state index in [-0.39, 0.29) is 35.1 Å². The molecule has 14 heteroatoms. The van der Waals surface area contributed by atoms with E-state index in [1.807, 2.05) is 6.92 Å². The number of aromatic nitrogens is 6. The van der Waals surface area contributed by atoms with Crippen LogP contribution in [0.4, 0.5) is 24.8 Å². The van der Waals surface area contributed by atoms with Gasteiger partial charge in [0.25, 0.3) is 12.3 Å². The van der Waals surface area contributed by atoms with E-state index < -0.39 is 29.3 Å². The summed E-state index contributed by atoms with van der Waals surface area (Å²) >= 11 is 5.80. The molecule has 0 spiro atoms. The number of aliphatic hydroxyl groups excluding tert-OH is 1. The van der Waals surface area contributed by atoms with E-state index in [1.54, 1.807) is 23.3 Å². The van der Waals surface area contributed by atoms with Crippen molar-refractivity contribution in [2.45, 2.75) is 31.9 Å². The lowest BCUT2D eigenvalue weighted by atomic mass is 10.0. The first kappa shape index (κ1) is 27.1. The Hall–Kier alpha value is -4.10. The normalized spacial score (nSPS) is 20.3. The molecule has 1 saturated heterocycles. The number of nitrogens with zero attached hydrogens (tertiary/aromatic N) is 7. The number of benzene rings is 1. The molecule has 4 aromatic rings. The lowest BCUT2D eigenvalue weighted by molar-refractivity contribution is 0.102. The minimum atomic E-state index is -2.99. The molecule has 4 atom stereocenters. The number of aliphatic hydroxyl groups is 1. The third-order valence-corrected chi connectivity index (χ3v) is 7.92. The lowest BCUT2D eigenvalue weighted by Gasteiger charge is -2.26. The van der Waals surface area contributed by atoms with Crippen LogP contribution < -0.4 is 10.2 Å². The average Bonchev–Trinajstić information content (AvgIpc) is 3.41. The molecule has 1 saturated carbocycles. The number of fused-ring (bicyclic) bond motifs is 1. The summed E-state index contributed by atoms with van der Waals surface area (Å²) in [7, 11) is 0. The monoisotopic (exact) mass is 584 g/mol. The standard InChI is InChI=1S/C27H24ClF3N8O2/c1-13(15-5-33-27(34-6-15)38-10-14-4-18(14)22(38)12-40)39-11-16(7-35-39)36-26(41)21-9-32-8-20(37-21)23-17(25(30)31)2-3-19(28)24(23)29/h2-3,5-9,11,13-14,18,22,25,40H,4,10,12H2,1H3,(H,36,41)/t13-,14-,18-,22-/m0/s1. The summed E-state index contributed by atoms with van der Waals surface area (Å²) in [5.74, 6) is -0.0615. The van der Waals surface area contributed by atoms with Crippen molar-refractivity contribution >= 4 is 29.1 Å². The van der Waals surface area contributed by atoms with Gasteiger partial charge in [-0.2, -0.15) is 5.10 Å². The van der Waals surface area contributed by atoms with Crippen molar-refractivity contribution in [3.05, 3.63) is 77.0 Å². The van der Waals surface area contributed by atoms with Crippen molar-refractivity contribution in [2.24, 2.45) is 11.8 Å². The van der Waals surface area contributed by atoms with Crippen LogP contribution in [0.3, 0.4) is 0 Å². The molecule has 0 radical (unpaired) electrons. The first-order valence-electron chi connectivity index (χ1n) is 12.9. The summed E-state index contributed by atoms with van der Waals surface area (Å²) in [6.45, 7) is 2.82. The Morgan fingerprint density at radius 2 is 1.98 bits per heavy atom. The van der Waals surface area contributed by atoms with Crippen molar-refractivity contribution in [1.29, 1.82) is 0 Å². The van der Waals surface area contributed by atoms with Gasteiger partial charge >= 0.3 is 0 Å². The largest absolute Gasteiger partial charge is 0.394 e. The zero-order chi connectivity index (χ0) is 28.8. The van der Waals surface area contributed by atoms with Gasteiger partial charge in [-0.15, -0.1) is 0 Å². The van der Waals surface area contributed by atoms with Crippen LogP contribution in [0.5, 0.6) is 0 Å². The van der Waals surface area contributed by atoms with E-state index in [1.165, 1.54) is 6.20 Å². The maximum absolute atomic E-state index is 14.7. The summed E-state index contributed by atoms with van der Waals surface area (Å²) in [6.07, 6.45) is 6.86. The quantitative estimate of drug-likeness (QED) is 0.310. The second-order valence-electron chi connectivity index (χ2n) is 10.1. The molecular weight excluding hydrogens is 561 g/mol. The molecule has 0 unspecified atom stereocenters. The number of carbonyl (C=O) groups is 1. The predicted octanol–water partition coefficient (Wildman–Crippen LogP) is 4.54. The predicted molar refractivity (Wildman–Crippen MR) is 143 cm³/mol. The van der Waals surface area contributed by atoms with Crippen molar-refractivity contribution in [1.82, 2.24) is 29.7 Å². The number of hydrogen-bond donors (Lipinski definition) is 2. The van der Waals surface area contributed by atoms with Gasteiger partial charge in [-0.3, -0.25) is 14.5 Å². The fraction of sp³-hybridized carbons (Fsp3) is 0.333. The molecule has 41 heavy (non-hydrogen) atoms. The number of halogens is 4. The molecular formula is C27H24ClF3N8O2. The number of hydrogen-bond acceptors (Lipinski definition) is 8. The van der Waals surface area contributed by atoms with Gasteiger partial charge in [-0.1, -0.05) is 17.7 Å². The topological polar surface area (TPSA) is 122 Å². The minimum absolute atomic E-state index is 0.0572. The maximum Gasteiger partial charge on any atom is 0.275 e. The maximum atomic E-state index is 14.7. The minimum Gasteiger partial charge on any atom is -0.394 e. The van der Waals surface area contributed by atoms with Gasteiger partial charge in [0.15, 0.2) is 5.82 Å². The third-order valence-electron chi connectivity index (χ3n) is 7.63. The van der Waals surface area contributed by atoms with Crippen LogP contribution in [0, 0.1) is 17.7 Å². The molecule has 4 heterocycles. The highest BCUT2D eigenvalue weighted by Gasteiger charge is 2.52. The number of amides is 1. The van der Waals surface area contributed by atoms with E-state index in [0.29, 0.717) is 23.5 Å². The van der Waals surface area contributed by atoms with Crippen molar-refractivity contribution in [2.75, 3.05) is 23.4 Å². The Morgan fingerprint density at radius 3 is 2.71 bits per heavy atom. The highest BCUT2D eigenvalue weighted by atomic mass is 35.5. The molecule has 6 rings (SSSR count). The van der Waals surface area contributed by atoms with E-state index in [0.717, 1.165) is 43.1 Å². The first-order valence-corrected chi connectivity index (χ1v) is 13.3. The van der Waals surface area contributed by atoms with E-state index in [2.05, 4.69) is 35.3 Å². The third kappa shape index (κ3) is 5.10. The highest BCUT2D eigenvalue weighted by Crippen LogP contribution is 2.50. The molecule has 2 fully saturated rings. The number of carbonyl (C=O) groups excluding carboxylic acids is 1. The Kier molecular flexibility index (Phi) is 7.08. The van der Waals surface area contributed by atoms with Crippen molar-refractivity contribution < 1.29 is 23.1 Å². The second kappa shape index (κ2) is 10.7. The number of piperidine rings is 1. The Labute approximate surface area is 237 Å². The number of rotatable bonds is 8. The first-order chi connectivity index (χ1) is 19.7. The number of nitrogens with one attached hydrogen (secondary N) is 1. The molecule has 0 bridgehead atoms. The molecule has 1 amide bonds. The van der Waals surface area contributed by atoms with Gasteiger partial charge in [0, 0.05) is 41.8 Å². The van der Waals surface area contributed by atoms with Crippen LogP contribution in [-0.2, 0) is 0 Å². The van der Waals surface area contributed by atoms with Crippen LogP contribution in [-0.4, -0.2) is 59.9 Å². The Balaban J connectivity index is 1.16. The van der Waals surface area contributed by atoms with Crippen LogP contribution in [0.25, 0.3) is 11.3 Å². The molecule has 10 nitrogen and oxygen atoms in total. The van der Waals surface area contributed by atoms with Gasteiger partial charge in [0.2, 0.25) is 5.95 Å². The summed E-state index contributed by atoms with van der Waals surface area (Å²) in [5, 5.41) is 16.3. The molecule has 1 aliphatic carbocycles. The van der Waals surface area contributed by atoms with Crippen LogP contribution >= 0.6 is 11.6 Å². The zero-order valence-corrected chi connectivity index (χ0v) is 22.4. The molecule has 1 aliphatic heterocycles. The number of anilines is 2. The van der Waals surface area contributed by atoms with Crippen LogP contribution in [0.1, 0.15) is 47.4 Å². The number of alkyl halides is 2. The Morgan fingerprint density at radius 1 is 1.20 bits per heavy atom. The summed E-state index contributed by atoms with van der Waals surface area (Å²) < 4.78 is 43.4. The zero-order valence-electron chi connectivity index (χ0n) is 21.6. The van der Waals surface area contributed by atoms with Crippen molar-refractivity contribution in [3.63, 3.8) is 0 Å². The van der Waals surface area contributed by atoms with Gasteiger partial charge < -0.3 is 15.3 Å². The molecule has 2 N–H and O–H groups in total. The fourth-order valence-electron chi connectivity index (χ4n) is 5.30. The fourth-order valence-corrected chi connectivity index (χ4v) is 5.45. The summed E-state index contributed by atoms with van der Waals surface area (Å²) in [4.78, 5) is 31.9. The highest BCUT2D eigenvalue weighted by molar-refractivity contribution is 6.31. The summed E-state index contributed by atoms with van der Waals surface area (Å²) in [5.41, 5.74) is -0.466. The van der Waals surface area contributed by atoms with Crippen LogP contribution in [0.2, 0.25) is 5.02 Å². The SMILES string of the molecule is C[C@@H](c1cnc(N2C[C@@H]3C[C@@H]3[C@@H]2CO)nc1)n1cc(NC(=O)c2cncc(-c3c(C(F)F)ccc(Cl)c3F)n2)cn1.